The maximum atomic E-state index is 12.8. The van der Waals surface area contributed by atoms with Crippen LogP contribution in [0.4, 0.5) is 0 Å². The molecule has 2 aromatic rings. The summed E-state index contributed by atoms with van der Waals surface area (Å²) in [5, 5.41) is 14.8. The van der Waals surface area contributed by atoms with Crippen LogP contribution in [-0.2, 0) is 4.79 Å². The first kappa shape index (κ1) is 23.3. The fourth-order valence-corrected chi connectivity index (χ4v) is 5.94. The fourth-order valence-electron chi connectivity index (χ4n) is 5.94. The van der Waals surface area contributed by atoms with E-state index in [0.717, 1.165) is 57.1 Å². The minimum Gasteiger partial charge on any atom is -0.349 e. The van der Waals surface area contributed by atoms with Gasteiger partial charge in [0.05, 0.1) is 12.6 Å². The lowest BCUT2D eigenvalue weighted by Gasteiger charge is -2.37. The van der Waals surface area contributed by atoms with Crippen molar-refractivity contribution in [2.45, 2.75) is 77.3 Å². The predicted molar refractivity (Wildman–Crippen MR) is 134 cm³/mol. The summed E-state index contributed by atoms with van der Waals surface area (Å²) in [6.45, 7) is 10.7. The van der Waals surface area contributed by atoms with Gasteiger partial charge in [-0.05, 0) is 50.5 Å². The van der Waals surface area contributed by atoms with Gasteiger partial charge in [0.1, 0.15) is 5.82 Å². The molecule has 1 saturated carbocycles. The predicted octanol–water partition coefficient (Wildman–Crippen LogP) is 3.79. The van der Waals surface area contributed by atoms with Crippen molar-refractivity contribution < 1.29 is 4.79 Å². The number of carbonyl (C=O) groups excluding carboxylic acids is 1. The van der Waals surface area contributed by atoms with E-state index in [-0.39, 0.29) is 17.9 Å². The van der Waals surface area contributed by atoms with Crippen molar-refractivity contribution >= 4 is 5.91 Å². The van der Waals surface area contributed by atoms with Gasteiger partial charge in [-0.1, -0.05) is 50.6 Å². The van der Waals surface area contributed by atoms with E-state index in [4.69, 9.17) is 0 Å². The third-order valence-corrected chi connectivity index (χ3v) is 8.13. The molecule has 0 radical (unpaired) electrons. The summed E-state index contributed by atoms with van der Waals surface area (Å²) in [6.07, 6.45) is 6.75. The number of hydrogen-bond donors (Lipinski definition) is 1. The minimum atomic E-state index is 0.0832. The molecule has 2 unspecified atom stereocenters. The van der Waals surface area contributed by atoms with Gasteiger partial charge in [0.2, 0.25) is 5.91 Å². The number of piperidine rings is 1. The SMILES string of the molecule is Cc1nnc(C(C)C)n1N1CC2CCC(C1)N(CC[C@H](NC(=O)C1CCC1)c1ccccc1)C2. The van der Waals surface area contributed by atoms with E-state index in [1.165, 1.54) is 24.8 Å². The van der Waals surface area contributed by atoms with Gasteiger partial charge < -0.3 is 10.3 Å². The molecule has 3 atom stereocenters. The summed E-state index contributed by atoms with van der Waals surface area (Å²) in [5.74, 6) is 3.51. The Morgan fingerprint density at radius 3 is 2.56 bits per heavy atom. The number of amides is 1. The lowest BCUT2D eigenvalue weighted by atomic mass is 9.84. The zero-order chi connectivity index (χ0) is 23.7. The maximum Gasteiger partial charge on any atom is 0.223 e. The third-order valence-electron chi connectivity index (χ3n) is 8.13. The van der Waals surface area contributed by atoms with Crippen molar-refractivity contribution in [3.63, 3.8) is 0 Å². The lowest BCUT2D eigenvalue weighted by molar-refractivity contribution is -0.128. The van der Waals surface area contributed by atoms with Crippen LogP contribution in [0.5, 0.6) is 0 Å². The van der Waals surface area contributed by atoms with Crippen LogP contribution in [0.1, 0.15) is 81.5 Å². The Kier molecular flexibility index (Phi) is 6.91. The standard InChI is InChI=1S/C27H40N6O/c1-19(2)26-30-29-20(3)33(26)32-17-21-12-13-24(18-32)31(16-21)15-14-25(22-8-5-4-6-9-22)28-27(34)23-10-7-11-23/h4-6,8-9,19,21,23-25H,7,10-18H2,1-3H3,(H,28,34)/t21?,24?,25-/m0/s1. The van der Waals surface area contributed by atoms with E-state index in [1.54, 1.807) is 0 Å². The van der Waals surface area contributed by atoms with Crippen LogP contribution < -0.4 is 10.3 Å². The number of carbonyl (C=O) groups is 1. The minimum absolute atomic E-state index is 0.0832. The normalized spacial score (nSPS) is 24.2. The summed E-state index contributed by atoms with van der Waals surface area (Å²) < 4.78 is 2.28. The van der Waals surface area contributed by atoms with Crippen molar-refractivity contribution in [2.24, 2.45) is 11.8 Å². The molecule has 0 spiro atoms. The zero-order valence-corrected chi connectivity index (χ0v) is 21.0. The van der Waals surface area contributed by atoms with Gasteiger partial charge in [-0.2, -0.15) is 0 Å². The molecule has 34 heavy (non-hydrogen) atoms. The van der Waals surface area contributed by atoms with E-state index < -0.39 is 0 Å². The van der Waals surface area contributed by atoms with E-state index in [0.29, 0.717) is 17.9 Å². The molecule has 7 heteroatoms. The molecule has 3 saturated heterocycles. The summed E-state index contributed by atoms with van der Waals surface area (Å²) in [4.78, 5) is 15.5. The molecule has 6 rings (SSSR count). The lowest BCUT2D eigenvalue weighted by Crippen LogP contribution is -2.47. The van der Waals surface area contributed by atoms with Crippen LogP contribution in [-0.4, -0.2) is 57.9 Å². The van der Waals surface area contributed by atoms with Crippen molar-refractivity contribution in [1.82, 2.24) is 25.1 Å². The highest BCUT2D eigenvalue weighted by Crippen LogP contribution is 2.31. The Balaban J connectivity index is 1.28. The van der Waals surface area contributed by atoms with Crippen molar-refractivity contribution in [3.05, 3.63) is 47.5 Å². The number of fused-ring (bicyclic) bond motifs is 4. The summed E-state index contributed by atoms with van der Waals surface area (Å²) in [6, 6.07) is 11.1. The Morgan fingerprint density at radius 1 is 1.06 bits per heavy atom. The quantitative estimate of drug-likeness (QED) is 0.644. The van der Waals surface area contributed by atoms with Crippen LogP contribution >= 0.6 is 0 Å². The largest absolute Gasteiger partial charge is 0.349 e. The van der Waals surface area contributed by atoms with E-state index in [1.807, 2.05) is 0 Å². The van der Waals surface area contributed by atoms with Gasteiger partial charge in [-0.3, -0.25) is 9.69 Å². The highest BCUT2D eigenvalue weighted by molar-refractivity contribution is 5.79. The molecule has 1 aromatic carbocycles. The van der Waals surface area contributed by atoms with E-state index in [2.05, 4.69) is 81.2 Å². The number of benzene rings is 1. The second-order valence-corrected chi connectivity index (χ2v) is 10.9. The summed E-state index contributed by atoms with van der Waals surface area (Å²) >= 11 is 0. The monoisotopic (exact) mass is 464 g/mol. The van der Waals surface area contributed by atoms with Gasteiger partial charge in [-0.15, -0.1) is 10.2 Å². The number of nitrogens with one attached hydrogen (secondary N) is 1. The van der Waals surface area contributed by atoms with E-state index >= 15 is 0 Å². The van der Waals surface area contributed by atoms with Crippen molar-refractivity contribution in [3.8, 4) is 0 Å². The molecule has 4 heterocycles. The smallest absolute Gasteiger partial charge is 0.223 e. The molecule has 4 aliphatic rings. The number of nitrogens with zero attached hydrogens (tertiary/aromatic N) is 5. The number of rotatable bonds is 8. The maximum absolute atomic E-state index is 12.8. The van der Waals surface area contributed by atoms with Gasteiger partial charge in [0, 0.05) is 37.5 Å². The Bertz CT molecular complexity index is 969. The Labute approximate surface area is 203 Å². The average Bonchev–Trinajstić information content (AvgIpc) is 2.96. The molecule has 1 N–H and O–H groups in total. The first-order chi connectivity index (χ1) is 16.5. The second-order valence-electron chi connectivity index (χ2n) is 10.9. The molecule has 4 fully saturated rings. The Hall–Kier alpha value is -2.41. The number of hydrogen-bond acceptors (Lipinski definition) is 5. The first-order valence-electron chi connectivity index (χ1n) is 13.3. The van der Waals surface area contributed by atoms with Gasteiger partial charge in [0.15, 0.2) is 5.82 Å². The molecule has 2 bridgehead atoms. The van der Waals surface area contributed by atoms with Crippen LogP contribution in [0.15, 0.2) is 30.3 Å². The summed E-state index contributed by atoms with van der Waals surface area (Å²) in [5.41, 5.74) is 1.22. The van der Waals surface area contributed by atoms with Crippen LogP contribution in [0, 0.1) is 18.8 Å². The first-order valence-corrected chi connectivity index (χ1v) is 13.3. The topological polar surface area (TPSA) is 66.3 Å². The highest BCUT2D eigenvalue weighted by atomic mass is 16.2. The highest BCUT2D eigenvalue weighted by Gasteiger charge is 2.36. The fraction of sp³-hybridized carbons (Fsp3) is 0.667. The molecule has 1 aromatic heterocycles. The molecule has 3 aliphatic heterocycles. The van der Waals surface area contributed by atoms with Crippen LogP contribution in [0.2, 0.25) is 0 Å². The molecular formula is C27H40N6O. The molecule has 184 valence electrons. The third kappa shape index (κ3) is 4.85. The van der Waals surface area contributed by atoms with Gasteiger partial charge in [-0.25, -0.2) is 4.68 Å². The van der Waals surface area contributed by atoms with Gasteiger partial charge >= 0.3 is 0 Å². The van der Waals surface area contributed by atoms with Crippen LogP contribution in [0.25, 0.3) is 0 Å². The van der Waals surface area contributed by atoms with Crippen molar-refractivity contribution in [1.29, 1.82) is 0 Å². The Morgan fingerprint density at radius 2 is 1.85 bits per heavy atom. The van der Waals surface area contributed by atoms with E-state index in [9.17, 15) is 4.79 Å². The number of aryl methyl sites for hydroxylation is 1. The zero-order valence-electron chi connectivity index (χ0n) is 21.0. The van der Waals surface area contributed by atoms with Crippen LogP contribution in [0.3, 0.4) is 0 Å². The van der Waals surface area contributed by atoms with Crippen molar-refractivity contribution in [2.75, 3.05) is 31.2 Å². The molecule has 1 aliphatic carbocycles. The molecule has 1 amide bonds. The van der Waals surface area contributed by atoms with Gasteiger partial charge in [0.25, 0.3) is 0 Å². The second kappa shape index (κ2) is 10.1. The summed E-state index contributed by atoms with van der Waals surface area (Å²) in [7, 11) is 0. The number of aromatic nitrogens is 3. The molecule has 7 nitrogen and oxygen atoms in total. The molecular weight excluding hydrogens is 424 g/mol. The average molecular weight is 465 g/mol.